The van der Waals surface area contributed by atoms with Crippen LogP contribution in [0.4, 0.5) is 11.4 Å². The summed E-state index contributed by atoms with van der Waals surface area (Å²) in [6.45, 7) is 6.04. The molecule has 2 aromatic heterocycles. The van der Waals surface area contributed by atoms with Gasteiger partial charge in [-0.25, -0.2) is 17.4 Å². The van der Waals surface area contributed by atoms with E-state index in [2.05, 4.69) is 26.2 Å². The first-order valence-electron chi connectivity index (χ1n) is 12.4. The number of amides is 1. The molecular formula is C28H30BrN5O3S. The number of nitrogens with one attached hydrogen (secondary N) is 1. The van der Waals surface area contributed by atoms with E-state index >= 15 is 0 Å². The second-order valence-corrected chi connectivity index (χ2v) is 13.4. The zero-order chi connectivity index (χ0) is 27.4. The van der Waals surface area contributed by atoms with Gasteiger partial charge in [-0.1, -0.05) is 36.7 Å². The topological polar surface area (TPSA) is 97.2 Å². The van der Waals surface area contributed by atoms with Crippen molar-refractivity contribution in [3.63, 3.8) is 0 Å². The van der Waals surface area contributed by atoms with E-state index in [0.29, 0.717) is 33.7 Å². The summed E-state index contributed by atoms with van der Waals surface area (Å²) >= 11 is 3.46. The molecule has 1 amide bonds. The lowest BCUT2D eigenvalue weighted by Gasteiger charge is -2.30. The molecule has 0 spiro atoms. The Morgan fingerprint density at radius 3 is 2.37 bits per heavy atom. The molecule has 2 heterocycles. The number of anilines is 2. The molecule has 198 valence electrons. The fourth-order valence-corrected chi connectivity index (χ4v) is 6.05. The summed E-state index contributed by atoms with van der Waals surface area (Å²) in [5.74, 6) is -0.0749. The number of rotatable bonds is 6. The van der Waals surface area contributed by atoms with Crippen LogP contribution in [0.3, 0.4) is 0 Å². The van der Waals surface area contributed by atoms with E-state index in [1.807, 2.05) is 51.1 Å². The first kappa shape index (κ1) is 26.4. The predicted molar refractivity (Wildman–Crippen MR) is 154 cm³/mol. The van der Waals surface area contributed by atoms with Gasteiger partial charge in [-0.3, -0.25) is 9.78 Å². The van der Waals surface area contributed by atoms with Crippen molar-refractivity contribution in [2.24, 2.45) is 0 Å². The third-order valence-corrected chi connectivity index (χ3v) is 8.20. The van der Waals surface area contributed by atoms with E-state index in [9.17, 15) is 13.2 Å². The molecule has 5 rings (SSSR count). The predicted octanol–water partition coefficient (Wildman–Crippen LogP) is 5.82. The van der Waals surface area contributed by atoms with Gasteiger partial charge in [0.1, 0.15) is 5.69 Å². The maximum atomic E-state index is 13.4. The number of carbonyl (C=O) groups is 1. The first-order chi connectivity index (χ1) is 17.9. The Balaban J connectivity index is 1.82. The molecule has 2 aromatic carbocycles. The molecule has 4 aromatic rings. The van der Waals surface area contributed by atoms with E-state index in [0.717, 1.165) is 28.6 Å². The summed E-state index contributed by atoms with van der Waals surface area (Å²) in [7, 11) is -2.17. The summed E-state index contributed by atoms with van der Waals surface area (Å²) in [4.78, 5) is 17.7. The lowest BCUT2D eigenvalue weighted by molar-refractivity contribution is 0.0957. The molecule has 0 aliphatic heterocycles. The van der Waals surface area contributed by atoms with Gasteiger partial charge < -0.3 is 5.32 Å². The molecule has 10 heteroatoms. The number of halogens is 1. The number of hydrogen-bond donors (Lipinski definition) is 1. The van der Waals surface area contributed by atoms with Gasteiger partial charge >= 0.3 is 0 Å². The average Bonchev–Trinajstić information content (AvgIpc) is 3.63. The zero-order valence-corrected chi connectivity index (χ0v) is 24.4. The molecule has 1 saturated carbocycles. The number of fused-ring (bicyclic) bond motifs is 1. The molecule has 8 nitrogen and oxygen atoms in total. The quantitative estimate of drug-likeness (QED) is 0.303. The second kappa shape index (κ2) is 9.50. The van der Waals surface area contributed by atoms with Gasteiger partial charge in [0.25, 0.3) is 5.91 Å². The van der Waals surface area contributed by atoms with Crippen LogP contribution in [-0.4, -0.2) is 42.4 Å². The molecule has 0 saturated heterocycles. The zero-order valence-electron chi connectivity index (χ0n) is 22.0. The lowest BCUT2D eigenvalue weighted by Crippen LogP contribution is -2.29. The minimum Gasteiger partial charge on any atom is -0.354 e. The van der Waals surface area contributed by atoms with Crippen LogP contribution in [0.1, 0.15) is 61.3 Å². The molecule has 1 fully saturated rings. The highest BCUT2D eigenvalue weighted by molar-refractivity contribution is 9.10. The van der Waals surface area contributed by atoms with Crippen molar-refractivity contribution >= 4 is 54.1 Å². The molecule has 0 unspecified atom stereocenters. The maximum absolute atomic E-state index is 13.4. The summed E-state index contributed by atoms with van der Waals surface area (Å²) < 4.78 is 30.8. The van der Waals surface area contributed by atoms with Crippen LogP contribution in [0.5, 0.6) is 0 Å². The van der Waals surface area contributed by atoms with Crippen LogP contribution in [-0.2, 0) is 15.4 Å². The third kappa shape index (κ3) is 4.82. The van der Waals surface area contributed by atoms with Crippen LogP contribution in [0.2, 0.25) is 0 Å². The van der Waals surface area contributed by atoms with E-state index in [4.69, 9.17) is 5.10 Å². The van der Waals surface area contributed by atoms with Crippen LogP contribution >= 0.6 is 15.9 Å². The minimum atomic E-state index is -3.76. The van der Waals surface area contributed by atoms with Crippen LogP contribution in [0.25, 0.3) is 16.6 Å². The highest BCUT2D eigenvalue weighted by Gasteiger charge is 2.35. The fraction of sp³-hybridized carbons (Fsp3) is 0.321. The summed E-state index contributed by atoms with van der Waals surface area (Å²) in [6.07, 6.45) is 4.80. The Bertz CT molecular complexity index is 1650. The summed E-state index contributed by atoms with van der Waals surface area (Å²) in [6, 6.07) is 14.8. The largest absolute Gasteiger partial charge is 0.354 e. The SMILES string of the molecule is CNC(=O)c1c2cc(C3CC3)c(N(c3cccnc3C(C)(C)C)S(C)(=O)=O)cc2nn1-c1ccc(Br)cc1. The number of hydrogen-bond acceptors (Lipinski definition) is 5. The third-order valence-electron chi connectivity index (χ3n) is 6.62. The lowest BCUT2D eigenvalue weighted by atomic mass is 9.90. The van der Waals surface area contributed by atoms with Crippen molar-refractivity contribution in [1.82, 2.24) is 20.1 Å². The highest BCUT2D eigenvalue weighted by Crippen LogP contribution is 2.49. The number of carbonyl (C=O) groups excluding carboxylic acids is 1. The Hall–Kier alpha value is -3.24. The van der Waals surface area contributed by atoms with Gasteiger partial charge in [-0.05, 0) is 72.9 Å². The van der Waals surface area contributed by atoms with E-state index < -0.39 is 10.0 Å². The van der Waals surface area contributed by atoms with Gasteiger partial charge in [0, 0.05) is 28.5 Å². The second-order valence-electron chi connectivity index (χ2n) is 10.7. The van der Waals surface area contributed by atoms with Crippen LogP contribution < -0.4 is 9.62 Å². The highest BCUT2D eigenvalue weighted by atomic mass is 79.9. The Labute approximate surface area is 231 Å². The molecule has 0 bridgehead atoms. The summed E-state index contributed by atoms with van der Waals surface area (Å²) in [5.41, 5.74) is 3.89. The van der Waals surface area contributed by atoms with Crippen LogP contribution in [0, 0.1) is 0 Å². The van der Waals surface area contributed by atoms with E-state index in [1.165, 1.54) is 10.6 Å². The number of pyridine rings is 1. The van der Waals surface area contributed by atoms with Gasteiger partial charge in [0.05, 0.1) is 34.5 Å². The molecule has 0 radical (unpaired) electrons. The molecule has 1 aliphatic rings. The van der Waals surface area contributed by atoms with E-state index in [-0.39, 0.29) is 17.2 Å². The van der Waals surface area contributed by atoms with Gasteiger partial charge in [-0.2, -0.15) is 5.10 Å². The summed E-state index contributed by atoms with van der Waals surface area (Å²) in [5, 5.41) is 8.20. The average molecular weight is 597 g/mol. The van der Waals surface area contributed by atoms with Crippen molar-refractivity contribution < 1.29 is 13.2 Å². The Morgan fingerprint density at radius 1 is 1.11 bits per heavy atom. The minimum absolute atomic E-state index is 0.196. The normalized spacial score (nSPS) is 14.1. The number of nitrogens with zero attached hydrogens (tertiary/aromatic N) is 4. The molecular weight excluding hydrogens is 566 g/mol. The standard InChI is InChI=1S/C28H30BrN5O3S/c1-28(2,3)26-23(7-6-14-31-26)34(38(5,36)37)24-16-22-21(15-20(24)17-8-9-17)25(27(35)30-4)33(32-22)19-12-10-18(29)11-13-19/h6-7,10-17H,8-9H2,1-5H3,(H,30,35). The molecule has 1 N–H and O–H groups in total. The Morgan fingerprint density at radius 2 is 1.79 bits per heavy atom. The number of sulfonamides is 1. The van der Waals surface area contributed by atoms with Crippen LogP contribution in [0.15, 0.2) is 59.2 Å². The fourth-order valence-electron chi connectivity index (χ4n) is 4.77. The Kier molecular flexibility index (Phi) is 6.59. The number of benzene rings is 2. The first-order valence-corrected chi connectivity index (χ1v) is 15.0. The van der Waals surface area contributed by atoms with Crippen molar-refractivity contribution in [2.45, 2.75) is 44.9 Å². The van der Waals surface area contributed by atoms with Crippen molar-refractivity contribution in [1.29, 1.82) is 0 Å². The number of aromatic nitrogens is 3. The van der Waals surface area contributed by atoms with Gasteiger partial charge in [0.15, 0.2) is 0 Å². The van der Waals surface area contributed by atoms with Crippen molar-refractivity contribution in [3.05, 3.63) is 76.2 Å². The van der Waals surface area contributed by atoms with Gasteiger partial charge in [0.2, 0.25) is 10.0 Å². The molecule has 38 heavy (non-hydrogen) atoms. The smallest absolute Gasteiger partial charge is 0.270 e. The van der Waals surface area contributed by atoms with Crippen molar-refractivity contribution in [2.75, 3.05) is 17.6 Å². The molecule has 1 aliphatic carbocycles. The van der Waals surface area contributed by atoms with E-state index in [1.54, 1.807) is 36.1 Å². The monoisotopic (exact) mass is 595 g/mol. The van der Waals surface area contributed by atoms with Gasteiger partial charge in [-0.15, -0.1) is 0 Å². The maximum Gasteiger partial charge on any atom is 0.270 e. The van der Waals surface area contributed by atoms with Crippen molar-refractivity contribution in [3.8, 4) is 5.69 Å². The molecule has 0 atom stereocenters.